The van der Waals surface area contributed by atoms with Crippen molar-refractivity contribution in [2.45, 2.75) is 40.2 Å². The first kappa shape index (κ1) is 22.1. The average molecular weight is 427 g/mol. The van der Waals surface area contributed by atoms with E-state index in [-0.39, 0.29) is 42.6 Å². The van der Waals surface area contributed by atoms with Gasteiger partial charge in [0.2, 0.25) is 5.71 Å². The Bertz CT molecular complexity index is 1080. The van der Waals surface area contributed by atoms with Gasteiger partial charge in [0.1, 0.15) is 22.9 Å². The molecule has 164 valence electrons. The zero-order valence-corrected chi connectivity index (χ0v) is 17.8. The zero-order valence-electron chi connectivity index (χ0n) is 17.8. The van der Waals surface area contributed by atoms with Gasteiger partial charge in [-0.05, 0) is 39.3 Å². The van der Waals surface area contributed by atoms with E-state index in [0.29, 0.717) is 24.2 Å². The number of rotatable bonds is 9. The smallest absolute Gasteiger partial charge is 0.342 e. The van der Waals surface area contributed by atoms with Crippen molar-refractivity contribution < 1.29 is 28.2 Å². The summed E-state index contributed by atoms with van der Waals surface area (Å²) in [5.74, 6) is 0.365. The number of nitrogen functional groups attached to an aromatic ring is 1. The summed E-state index contributed by atoms with van der Waals surface area (Å²) in [6.07, 6.45) is 0.700. The highest BCUT2D eigenvalue weighted by molar-refractivity contribution is 6.07. The van der Waals surface area contributed by atoms with E-state index >= 15 is 0 Å². The SMILES string of the molecule is CCOC(=O)c1c(C)oc2nc(COC(=O)CCCOc3ccc(C)cc3)nc(N)c12. The Morgan fingerprint density at radius 2 is 1.84 bits per heavy atom. The van der Waals surface area contributed by atoms with E-state index < -0.39 is 11.9 Å². The van der Waals surface area contributed by atoms with Crippen LogP contribution < -0.4 is 10.5 Å². The number of benzene rings is 1. The number of nitrogens with zero attached hydrogens (tertiary/aromatic N) is 2. The van der Waals surface area contributed by atoms with Gasteiger partial charge in [-0.15, -0.1) is 0 Å². The van der Waals surface area contributed by atoms with Gasteiger partial charge in [0.25, 0.3) is 0 Å². The highest BCUT2D eigenvalue weighted by Crippen LogP contribution is 2.29. The molecule has 0 saturated carbocycles. The predicted molar refractivity (Wildman–Crippen MR) is 113 cm³/mol. The maximum Gasteiger partial charge on any atom is 0.342 e. The summed E-state index contributed by atoms with van der Waals surface area (Å²) in [6, 6.07) is 7.69. The summed E-state index contributed by atoms with van der Waals surface area (Å²) in [6.45, 7) is 5.78. The Kier molecular flexibility index (Phi) is 7.07. The number of fused-ring (bicyclic) bond motifs is 1. The number of furan rings is 1. The van der Waals surface area contributed by atoms with Gasteiger partial charge in [0.05, 0.1) is 18.6 Å². The van der Waals surface area contributed by atoms with E-state index in [0.717, 1.165) is 11.3 Å². The predicted octanol–water partition coefficient (Wildman–Crippen LogP) is 3.50. The van der Waals surface area contributed by atoms with Crippen molar-refractivity contribution in [3.8, 4) is 5.75 Å². The van der Waals surface area contributed by atoms with E-state index in [1.54, 1.807) is 13.8 Å². The van der Waals surface area contributed by atoms with Gasteiger partial charge in [-0.1, -0.05) is 17.7 Å². The quantitative estimate of drug-likeness (QED) is 0.403. The van der Waals surface area contributed by atoms with Crippen molar-refractivity contribution in [2.24, 2.45) is 0 Å². The maximum atomic E-state index is 12.2. The second-order valence-electron chi connectivity index (χ2n) is 6.88. The molecule has 2 N–H and O–H groups in total. The zero-order chi connectivity index (χ0) is 22.4. The molecule has 0 radical (unpaired) electrons. The van der Waals surface area contributed by atoms with Crippen LogP contribution in [0.15, 0.2) is 28.7 Å². The van der Waals surface area contributed by atoms with Crippen LogP contribution in [-0.4, -0.2) is 35.1 Å². The fourth-order valence-electron chi connectivity index (χ4n) is 2.96. The molecule has 0 atom stereocenters. The van der Waals surface area contributed by atoms with Crippen molar-refractivity contribution in [2.75, 3.05) is 18.9 Å². The fraction of sp³-hybridized carbons (Fsp3) is 0.364. The van der Waals surface area contributed by atoms with Gasteiger partial charge < -0.3 is 24.4 Å². The molecule has 0 fully saturated rings. The number of aromatic nitrogens is 2. The van der Waals surface area contributed by atoms with Gasteiger partial charge in [0, 0.05) is 6.42 Å². The number of ether oxygens (including phenoxy) is 3. The normalized spacial score (nSPS) is 10.8. The summed E-state index contributed by atoms with van der Waals surface area (Å²) < 4.78 is 21.4. The number of carbonyl (C=O) groups excluding carboxylic acids is 2. The highest BCUT2D eigenvalue weighted by atomic mass is 16.5. The highest BCUT2D eigenvalue weighted by Gasteiger charge is 2.24. The van der Waals surface area contributed by atoms with Gasteiger partial charge >= 0.3 is 11.9 Å². The molecule has 2 aromatic heterocycles. The standard InChI is InChI=1S/C22H25N3O6/c1-4-28-22(27)18-14(3)31-21-19(18)20(23)24-16(25-21)12-30-17(26)6-5-11-29-15-9-7-13(2)8-10-15/h7-10H,4-6,11-12H2,1-3H3,(H2,23,24,25). The molecule has 2 heterocycles. The lowest BCUT2D eigenvalue weighted by Gasteiger charge is -2.07. The van der Waals surface area contributed by atoms with Crippen molar-refractivity contribution >= 4 is 28.9 Å². The summed E-state index contributed by atoms with van der Waals surface area (Å²) >= 11 is 0. The third-order valence-electron chi connectivity index (χ3n) is 4.46. The van der Waals surface area contributed by atoms with E-state index in [2.05, 4.69) is 9.97 Å². The van der Waals surface area contributed by atoms with E-state index in [1.807, 2.05) is 31.2 Å². The fourth-order valence-corrected chi connectivity index (χ4v) is 2.96. The number of carbonyl (C=O) groups is 2. The molecule has 0 amide bonds. The molecule has 31 heavy (non-hydrogen) atoms. The molecule has 3 aromatic rings. The Morgan fingerprint density at radius 3 is 2.55 bits per heavy atom. The summed E-state index contributed by atoms with van der Waals surface area (Å²) in [5.41, 5.74) is 7.49. The van der Waals surface area contributed by atoms with Crippen LogP contribution in [-0.2, 0) is 20.9 Å². The Balaban J connectivity index is 1.54. The van der Waals surface area contributed by atoms with E-state index in [1.165, 1.54) is 0 Å². The first-order chi connectivity index (χ1) is 14.9. The number of nitrogens with two attached hydrogens (primary N) is 1. The van der Waals surface area contributed by atoms with Crippen LogP contribution in [0.3, 0.4) is 0 Å². The molecule has 0 saturated heterocycles. The molecular weight excluding hydrogens is 402 g/mol. The molecule has 0 unspecified atom stereocenters. The third-order valence-corrected chi connectivity index (χ3v) is 4.46. The van der Waals surface area contributed by atoms with Crippen LogP contribution in [0.2, 0.25) is 0 Å². The molecule has 0 aliphatic rings. The lowest BCUT2D eigenvalue weighted by molar-refractivity contribution is -0.145. The summed E-state index contributed by atoms with van der Waals surface area (Å²) in [7, 11) is 0. The van der Waals surface area contributed by atoms with Crippen molar-refractivity contribution in [3.63, 3.8) is 0 Å². The second kappa shape index (κ2) is 9.92. The van der Waals surface area contributed by atoms with Gasteiger partial charge in [-0.2, -0.15) is 4.98 Å². The molecule has 1 aromatic carbocycles. The molecule has 0 aliphatic heterocycles. The van der Waals surface area contributed by atoms with Crippen LogP contribution in [0, 0.1) is 13.8 Å². The van der Waals surface area contributed by atoms with Crippen molar-refractivity contribution in [1.82, 2.24) is 9.97 Å². The number of anilines is 1. The Hall–Kier alpha value is -3.62. The van der Waals surface area contributed by atoms with E-state index in [4.69, 9.17) is 24.4 Å². The molecule has 9 nitrogen and oxygen atoms in total. The van der Waals surface area contributed by atoms with Gasteiger partial charge in [-0.3, -0.25) is 4.79 Å². The van der Waals surface area contributed by atoms with Crippen LogP contribution in [0.1, 0.15) is 47.3 Å². The minimum absolute atomic E-state index is 0.0578. The number of hydrogen-bond acceptors (Lipinski definition) is 9. The van der Waals surface area contributed by atoms with Crippen LogP contribution >= 0.6 is 0 Å². The largest absolute Gasteiger partial charge is 0.494 e. The maximum absolute atomic E-state index is 12.2. The van der Waals surface area contributed by atoms with Crippen LogP contribution in [0.4, 0.5) is 5.82 Å². The molecule has 9 heteroatoms. The monoisotopic (exact) mass is 427 g/mol. The van der Waals surface area contributed by atoms with Crippen LogP contribution in [0.5, 0.6) is 5.75 Å². The molecular formula is C22H25N3O6. The van der Waals surface area contributed by atoms with Crippen LogP contribution in [0.25, 0.3) is 11.1 Å². The Labute approximate surface area is 179 Å². The first-order valence-corrected chi connectivity index (χ1v) is 9.96. The minimum atomic E-state index is -0.555. The molecule has 0 aliphatic carbocycles. The number of hydrogen-bond donors (Lipinski definition) is 1. The lowest BCUT2D eigenvalue weighted by Crippen LogP contribution is -2.10. The molecule has 3 rings (SSSR count). The average Bonchev–Trinajstić information content (AvgIpc) is 3.07. The third kappa shape index (κ3) is 5.50. The first-order valence-electron chi connectivity index (χ1n) is 9.96. The summed E-state index contributed by atoms with van der Waals surface area (Å²) in [5, 5.41) is 0.291. The van der Waals surface area contributed by atoms with Crippen molar-refractivity contribution in [3.05, 3.63) is 47.0 Å². The van der Waals surface area contributed by atoms with Crippen molar-refractivity contribution in [1.29, 1.82) is 0 Å². The van der Waals surface area contributed by atoms with Gasteiger partial charge in [0.15, 0.2) is 12.4 Å². The lowest BCUT2D eigenvalue weighted by atomic mass is 10.2. The molecule has 0 bridgehead atoms. The molecule has 0 spiro atoms. The van der Waals surface area contributed by atoms with Gasteiger partial charge in [-0.25, -0.2) is 9.78 Å². The Morgan fingerprint density at radius 1 is 1.10 bits per heavy atom. The summed E-state index contributed by atoms with van der Waals surface area (Å²) in [4.78, 5) is 32.5. The second-order valence-corrected chi connectivity index (χ2v) is 6.88. The topological polar surface area (TPSA) is 127 Å². The minimum Gasteiger partial charge on any atom is -0.494 e. The van der Waals surface area contributed by atoms with E-state index in [9.17, 15) is 9.59 Å². The number of aryl methyl sites for hydroxylation is 2. The number of esters is 2.